The summed E-state index contributed by atoms with van der Waals surface area (Å²) in [6.45, 7) is 2.45. The van der Waals surface area contributed by atoms with Crippen LogP contribution in [0.3, 0.4) is 0 Å². The second-order valence-electron chi connectivity index (χ2n) is 4.56. The van der Waals surface area contributed by atoms with Crippen LogP contribution in [0.1, 0.15) is 24.4 Å². The summed E-state index contributed by atoms with van der Waals surface area (Å²) in [5.41, 5.74) is 1.08. The van der Waals surface area contributed by atoms with Gasteiger partial charge in [0.1, 0.15) is 24.4 Å². The maximum absolute atomic E-state index is 5.88. The normalized spacial score (nSPS) is 12.2. The van der Waals surface area contributed by atoms with Crippen LogP contribution in [-0.4, -0.2) is 28.9 Å². The summed E-state index contributed by atoms with van der Waals surface area (Å²) < 4.78 is 13.0. The Morgan fingerprint density at radius 2 is 2.20 bits per heavy atom. The van der Waals surface area contributed by atoms with Crippen molar-refractivity contribution in [3.8, 4) is 11.5 Å². The summed E-state index contributed by atoms with van der Waals surface area (Å²) in [5.74, 6) is 2.33. The van der Waals surface area contributed by atoms with E-state index in [4.69, 9.17) is 9.47 Å². The van der Waals surface area contributed by atoms with E-state index in [-0.39, 0.29) is 6.04 Å². The molecule has 1 N–H and O–H groups in total. The summed E-state index contributed by atoms with van der Waals surface area (Å²) >= 11 is 0. The molecule has 0 aliphatic carbocycles. The topological polar surface area (TPSA) is 61.2 Å². The van der Waals surface area contributed by atoms with E-state index >= 15 is 0 Å². The van der Waals surface area contributed by atoms with E-state index in [0.717, 1.165) is 22.9 Å². The van der Waals surface area contributed by atoms with Crippen LogP contribution < -0.4 is 14.8 Å². The van der Waals surface area contributed by atoms with Gasteiger partial charge in [0.25, 0.3) is 0 Å². The molecule has 0 aliphatic heterocycles. The molecule has 0 fully saturated rings. The first-order valence-corrected chi connectivity index (χ1v) is 6.46. The zero-order valence-electron chi connectivity index (χ0n) is 12.3. The predicted molar refractivity (Wildman–Crippen MR) is 75.8 cm³/mol. The zero-order chi connectivity index (χ0) is 14.5. The quantitative estimate of drug-likeness (QED) is 0.870. The van der Waals surface area contributed by atoms with Crippen molar-refractivity contribution in [1.29, 1.82) is 0 Å². The van der Waals surface area contributed by atoms with Gasteiger partial charge >= 0.3 is 0 Å². The van der Waals surface area contributed by atoms with Crippen LogP contribution in [0, 0.1) is 0 Å². The number of methoxy groups -OCH3 is 1. The maximum atomic E-state index is 5.88. The fourth-order valence-electron chi connectivity index (χ4n) is 1.86. The number of rotatable bonds is 6. The van der Waals surface area contributed by atoms with Crippen molar-refractivity contribution >= 4 is 0 Å². The first-order chi connectivity index (χ1) is 9.65. The largest absolute Gasteiger partial charge is 0.497 e. The highest BCUT2D eigenvalue weighted by atomic mass is 16.5. The lowest BCUT2D eigenvalue weighted by Crippen LogP contribution is -2.14. The van der Waals surface area contributed by atoms with E-state index in [9.17, 15) is 0 Å². The van der Waals surface area contributed by atoms with Gasteiger partial charge in [0.05, 0.1) is 7.11 Å². The van der Waals surface area contributed by atoms with Gasteiger partial charge in [-0.05, 0) is 20.0 Å². The summed E-state index contributed by atoms with van der Waals surface area (Å²) in [5, 5.41) is 11.1. The Hall–Kier alpha value is -2.08. The summed E-state index contributed by atoms with van der Waals surface area (Å²) in [6.07, 6.45) is 1.65. The number of benzene rings is 1. The molecule has 1 aromatic carbocycles. The molecule has 0 saturated carbocycles. The third-order valence-corrected chi connectivity index (χ3v) is 3.28. The third kappa shape index (κ3) is 3.08. The Kier molecular flexibility index (Phi) is 4.57. The Morgan fingerprint density at radius 1 is 1.40 bits per heavy atom. The highest BCUT2D eigenvalue weighted by Crippen LogP contribution is 2.29. The van der Waals surface area contributed by atoms with Gasteiger partial charge in [-0.3, -0.25) is 0 Å². The fourth-order valence-corrected chi connectivity index (χ4v) is 1.86. The molecule has 1 heterocycles. The fraction of sp³-hybridized carbons (Fsp3) is 0.429. The van der Waals surface area contributed by atoms with Crippen LogP contribution in [0.25, 0.3) is 0 Å². The number of hydrogen-bond donors (Lipinski definition) is 1. The maximum Gasteiger partial charge on any atom is 0.170 e. The van der Waals surface area contributed by atoms with Crippen molar-refractivity contribution in [1.82, 2.24) is 20.1 Å². The molecule has 6 heteroatoms. The van der Waals surface area contributed by atoms with Crippen molar-refractivity contribution in [3.05, 3.63) is 35.9 Å². The van der Waals surface area contributed by atoms with E-state index < -0.39 is 0 Å². The van der Waals surface area contributed by atoms with Gasteiger partial charge in [-0.1, -0.05) is 6.07 Å². The van der Waals surface area contributed by atoms with Crippen LogP contribution in [-0.2, 0) is 13.7 Å². The highest BCUT2D eigenvalue weighted by molar-refractivity contribution is 5.42. The van der Waals surface area contributed by atoms with E-state index in [2.05, 4.69) is 22.4 Å². The summed E-state index contributed by atoms with van der Waals surface area (Å²) in [4.78, 5) is 0. The molecule has 1 unspecified atom stereocenters. The molecule has 6 nitrogen and oxygen atoms in total. The van der Waals surface area contributed by atoms with Crippen LogP contribution >= 0.6 is 0 Å². The minimum Gasteiger partial charge on any atom is -0.497 e. The number of nitrogens with zero attached hydrogens (tertiary/aromatic N) is 3. The van der Waals surface area contributed by atoms with Crippen LogP contribution in [0.4, 0.5) is 0 Å². The molecule has 108 valence electrons. The Morgan fingerprint density at radius 3 is 2.80 bits per heavy atom. The van der Waals surface area contributed by atoms with Gasteiger partial charge in [-0.25, -0.2) is 0 Å². The second kappa shape index (κ2) is 6.38. The Bertz CT molecular complexity index is 568. The number of aromatic nitrogens is 3. The Balaban J connectivity index is 2.21. The molecule has 2 rings (SSSR count). The molecule has 20 heavy (non-hydrogen) atoms. The van der Waals surface area contributed by atoms with Crippen LogP contribution in [0.15, 0.2) is 24.5 Å². The molecule has 0 radical (unpaired) electrons. The molecule has 0 aliphatic rings. The van der Waals surface area contributed by atoms with Crippen molar-refractivity contribution in [2.45, 2.75) is 19.6 Å². The van der Waals surface area contributed by atoms with E-state index in [1.807, 2.05) is 36.9 Å². The minimum atomic E-state index is 0.190. The molecule has 2 aromatic rings. The second-order valence-corrected chi connectivity index (χ2v) is 4.56. The van der Waals surface area contributed by atoms with Crippen LogP contribution in [0.5, 0.6) is 11.5 Å². The third-order valence-electron chi connectivity index (χ3n) is 3.28. The standard InChI is InChI=1S/C14H20N4O2/c1-10(15-2)12-6-5-11(19-4)7-13(12)20-8-14-17-16-9-18(14)3/h5-7,9-10,15H,8H2,1-4H3. The van der Waals surface area contributed by atoms with E-state index in [0.29, 0.717) is 6.61 Å². The summed E-state index contributed by atoms with van der Waals surface area (Å²) in [7, 11) is 5.45. The molecule has 1 aromatic heterocycles. The average molecular weight is 276 g/mol. The van der Waals surface area contributed by atoms with Crippen molar-refractivity contribution in [3.63, 3.8) is 0 Å². The zero-order valence-corrected chi connectivity index (χ0v) is 12.3. The van der Waals surface area contributed by atoms with Crippen molar-refractivity contribution < 1.29 is 9.47 Å². The first-order valence-electron chi connectivity index (χ1n) is 6.46. The molecule has 1 atom stereocenters. The highest BCUT2D eigenvalue weighted by Gasteiger charge is 2.12. The number of ether oxygens (including phenoxy) is 2. The number of nitrogens with one attached hydrogen (secondary N) is 1. The minimum absolute atomic E-state index is 0.190. The number of aryl methyl sites for hydroxylation is 1. The smallest absolute Gasteiger partial charge is 0.170 e. The van der Waals surface area contributed by atoms with Crippen molar-refractivity contribution in [2.24, 2.45) is 7.05 Å². The van der Waals surface area contributed by atoms with Gasteiger partial charge in [-0.2, -0.15) is 0 Å². The lowest BCUT2D eigenvalue weighted by atomic mass is 10.1. The lowest BCUT2D eigenvalue weighted by molar-refractivity contribution is 0.284. The van der Waals surface area contributed by atoms with Gasteiger partial charge in [0.15, 0.2) is 5.82 Å². The van der Waals surface area contributed by atoms with Gasteiger partial charge in [0, 0.05) is 24.7 Å². The van der Waals surface area contributed by atoms with Gasteiger partial charge < -0.3 is 19.4 Å². The molecule has 0 bridgehead atoms. The first kappa shape index (κ1) is 14.3. The lowest BCUT2D eigenvalue weighted by Gasteiger charge is -2.17. The monoisotopic (exact) mass is 276 g/mol. The predicted octanol–water partition coefficient (Wildman–Crippen LogP) is 1.68. The molecule has 0 spiro atoms. The van der Waals surface area contributed by atoms with Gasteiger partial charge in [-0.15, -0.1) is 10.2 Å². The molecule has 0 saturated heterocycles. The van der Waals surface area contributed by atoms with E-state index in [1.54, 1.807) is 13.4 Å². The average Bonchev–Trinajstić information content (AvgIpc) is 2.89. The van der Waals surface area contributed by atoms with Crippen LogP contribution in [0.2, 0.25) is 0 Å². The number of hydrogen-bond acceptors (Lipinski definition) is 5. The molecular formula is C14H20N4O2. The van der Waals surface area contributed by atoms with E-state index in [1.165, 1.54) is 0 Å². The summed E-state index contributed by atoms with van der Waals surface area (Å²) in [6, 6.07) is 6.01. The van der Waals surface area contributed by atoms with Gasteiger partial charge in [0.2, 0.25) is 0 Å². The molecule has 0 amide bonds. The van der Waals surface area contributed by atoms with Crippen molar-refractivity contribution in [2.75, 3.05) is 14.2 Å². The SMILES string of the molecule is CNC(C)c1ccc(OC)cc1OCc1nncn1C. The Labute approximate surface area is 118 Å². The molecular weight excluding hydrogens is 256 g/mol.